The van der Waals surface area contributed by atoms with Crippen molar-refractivity contribution in [3.63, 3.8) is 0 Å². The lowest BCUT2D eigenvalue weighted by molar-refractivity contribution is -0.137. The Bertz CT molecular complexity index is 920. The molecule has 2 heterocycles. The normalized spacial score (nSPS) is 20.1. The Labute approximate surface area is 171 Å². The van der Waals surface area contributed by atoms with Gasteiger partial charge in [-0.25, -0.2) is 0 Å². The zero-order valence-electron chi connectivity index (χ0n) is 16.4. The molecule has 2 atom stereocenters. The van der Waals surface area contributed by atoms with Crippen molar-refractivity contribution in [2.45, 2.75) is 31.5 Å². The number of amides is 1. The molecule has 0 aliphatic carbocycles. The van der Waals surface area contributed by atoms with E-state index in [1.807, 2.05) is 53.4 Å². The number of benzene rings is 2. The number of carbonyl (C=O) groups excluding carboxylic acids is 1. The molecule has 0 fully saturated rings. The molecule has 2 aromatic carbocycles. The molecule has 1 aliphatic heterocycles. The first-order valence-corrected chi connectivity index (χ1v) is 10.1. The van der Waals surface area contributed by atoms with E-state index in [-0.39, 0.29) is 18.0 Å². The minimum Gasteiger partial charge on any atom is -0.467 e. The standard InChI is InChI=1S/C25H26N2O2/c28-25-22(18-20-10-3-1-4-11-20)26-16-8-7-14-23(24-15-9-17-29-24)27(25)19-21-12-5-2-6-13-21/h1-13,15,17,22-23,26H,14,16,18-19H2/t22-,23+/m0/s1. The third kappa shape index (κ3) is 4.84. The van der Waals surface area contributed by atoms with Gasteiger partial charge in [-0.3, -0.25) is 4.79 Å². The molecule has 1 amide bonds. The Morgan fingerprint density at radius 2 is 1.62 bits per heavy atom. The highest BCUT2D eigenvalue weighted by atomic mass is 16.3. The minimum absolute atomic E-state index is 0.0998. The average molecular weight is 386 g/mol. The van der Waals surface area contributed by atoms with Gasteiger partial charge in [0.1, 0.15) is 5.76 Å². The lowest BCUT2D eigenvalue weighted by Gasteiger charge is -2.33. The van der Waals surface area contributed by atoms with Crippen molar-refractivity contribution in [3.8, 4) is 0 Å². The molecule has 0 radical (unpaired) electrons. The number of hydrogen-bond acceptors (Lipinski definition) is 3. The second kappa shape index (κ2) is 9.39. The van der Waals surface area contributed by atoms with Crippen molar-refractivity contribution in [1.29, 1.82) is 0 Å². The SMILES string of the molecule is O=C1[C@H](Cc2ccccc2)NCC=CC[C@H](c2ccco2)N1Cc1ccccc1. The number of furan rings is 1. The van der Waals surface area contributed by atoms with Crippen LogP contribution in [0.1, 0.15) is 29.3 Å². The van der Waals surface area contributed by atoms with E-state index in [9.17, 15) is 4.79 Å². The van der Waals surface area contributed by atoms with E-state index in [2.05, 4.69) is 41.7 Å². The van der Waals surface area contributed by atoms with Gasteiger partial charge in [0.15, 0.2) is 0 Å². The Kier molecular flexibility index (Phi) is 6.22. The summed E-state index contributed by atoms with van der Waals surface area (Å²) in [5.41, 5.74) is 2.26. The molecule has 1 aliphatic rings. The van der Waals surface area contributed by atoms with Crippen LogP contribution in [-0.4, -0.2) is 23.4 Å². The first-order chi connectivity index (χ1) is 14.3. The molecule has 0 saturated heterocycles. The highest BCUT2D eigenvalue weighted by molar-refractivity contribution is 5.82. The topological polar surface area (TPSA) is 45.5 Å². The van der Waals surface area contributed by atoms with Crippen LogP contribution >= 0.6 is 0 Å². The van der Waals surface area contributed by atoms with Gasteiger partial charge >= 0.3 is 0 Å². The molecule has 0 bridgehead atoms. The monoisotopic (exact) mass is 386 g/mol. The van der Waals surface area contributed by atoms with Crippen molar-refractivity contribution >= 4 is 5.91 Å². The molecule has 4 nitrogen and oxygen atoms in total. The van der Waals surface area contributed by atoms with E-state index >= 15 is 0 Å². The summed E-state index contributed by atoms with van der Waals surface area (Å²) in [7, 11) is 0. The van der Waals surface area contributed by atoms with Crippen molar-refractivity contribution < 1.29 is 9.21 Å². The molecule has 1 aromatic heterocycles. The molecule has 148 valence electrons. The van der Waals surface area contributed by atoms with E-state index in [1.54, 1.807) is 6.26 Å². The van der Waals surface area contributed by atoms with Gasteiger partial charge < -0.3 is 14.6 Å². The first-order valence-electron chi connectivity index (χ1n) is 10.1. The molecule has 0 spiro atoms. The highest BCUT2D eigenvalue weighted by Gasteiger charge is 2.32. The van der Waals surface area contributed by atoms with Gasteiger partial charge in [-0.2, -0.15) is 0 Å². The number of rotatable bonds is 5. The zero-order chi connectivity index (χ0) is 19.9. The average Bonchev–Trinajstić information content (AvgIpc) is 3.30. The Morgan fingerprint density at radius 3 is 2.31 bits per heavy atom. The van der Waals surface area contributed by atoms with Crippen molar-refractivity contribution in [2.75, 3.05) is 6.54 Å². The molecule has 0 unspecified atom stereocenters. The van der Waals surface area contributed by atoms with Crippen LogP contribution in [0.15, 0.2) is 95.6 Å². The third-order valence-electron chi connectivity index (χ3n) is 5.32. The summed E-state index contributed by atoms with van der Waals surface area (Å²) in [6, 6.07) is 23.7. The first kappa shape index (κ1) is 19.2. The fraction of sp³-hybridized carbons (Fsp3) is 0.240. The summed E-state index contributed by atoms with van der Waals surface area (Å²) in [5.74, 6) is 0.919. The number of nitrogens with one attached hydrogen (secondary N) is 1. The third-order valence-corrected chi connectivity index (χ3v) is 5.32. The van der Waals surface area contributed by atoms with Crippen molar-refractivity contribution in [2.24, 2.45) is 0 Å². The van der Waals surface area contributed by atoms with E-state index in [1.165, 1.54) is 0 Å². The van der Waals surface area contributed by atoms with Crippen LogP contribution in [0.5, 0.6) is 0 Å². The summed E-state index contributed by atoms with van der Waals surface area (Å²) < 4.78 is 5.73. The van der Waals surface area contributed by atoms with Gasteiger partial charge in [0, 0.05) is 13.1 Å². The molecule has 3 aromatic rings. The van der Waals surface area contributed by atoms with Gasteiger partial charge in [0.05, 0.1) is 18.3 Å². The number of carbonyl (C=O) groups is 1. The van der Waals surface area contributed by atoms with E-state index in [0.29, 0.717) is 19.5 Å². The molecular weight excluding hydrogens is 360 g/mol. The smallest absolute Gasteiger partial charge is 0.240 e. The van der Waals surface area contributed by atoms with Crippen molar-refractivity contribution in [3.05, 3.63) is 108 Å². The van der Waals surface area contributed by atoms with Gasteiger partial charge in [-0.1, -0.05) is 72.8 Å². The molecular formula is C25H26N2O2. The van der Waals surface area contributed by atoms with Crippen LogP contribution in [0.25, 0.3) is 0 Å². The van der Waals surface area contributed by atoms with Crippen LogP contribution in [-0.2, 0) is 17.8 Å². The fourth-order valence-corrected chi connectivity index (χ4v) is 3.82. The van der Waals surface area contributed by atoms with Gasteiger partial charge in [0.2, 0.25) is 5.91 Å². The minimum atomic E-state index is -0.290. The second-order valence-electron chi connectivity index (χ2n) is 7.34. The maximum Gasteiger partial charge on any atom is 0.240 e. The number of hydrogen-bond donors (Lipinski definition) is 1. The Morgan fingerprint density at radius 1 is 0.897 bits per heavy atom. The lowest BCUT2D eigenvalue weighted by atomic mass is 10.0. The summed E-state index contributed by atoms with van der Waals surface area (Å²) in [4.78, 5) is 15.7. The van der Waals surface area contributed by atoms with Crippen molar-refractivity contribution in [1.82, 2.24) is 10.2 Å². The second-order valence-corrected chi connectivity index (χ2v) is 7.34. The Hall–Kier alpha value is -3.11. The molecule has 4 rings (SSSR count). The Balaban J connectivity index is 1.67. The summed E-state index contributed by atoms with van der Waals surface area (Å²) >= 11 is 0. The summed E-state index contributed by atoms with van der Waals surface area (Å²) in [5, 5.41) is 3.43. The quantitative estimate of drug-likeness (QED) is 0.656. The predicted octanol–water partition coefficient (Wildman–Crippen LogP) is 4.51. The lowest BCUT2D eigenvalue weighted by Crippen LogP contribution is -2.48. The maximum absolute atomic E-state index is 13.8. The molecule has 4 heteroatoms. The van der Waals surface area contributed by atoms with Crippen LogP contribution in [0.4, 0.5) is 0 Å². The van der Waals surface area contributed by atoms with Gasteiger partial charge in [-0.05, 0) is 36.1 Å². The van der Waals surface area contributed by atoms with Crippen LogP contribution in [0.3, 0.4) is 0 Å². The van der Waals surface area contributed by atoms with Crippen LogP contribution in [0.2, 0.25) is 0 Å². The van der Waals surface area contributed by atoms with E-state index in [4.69, 9.17) is 4.42 Å². The fourth-order valence-electron chi connectivity index (χ4n) is 3.82. The number of nitrogens with zero attached hydrogens (tertiary/aromatic N) is 1. The highest BCUT2D eigenvalue weighted by Crippen LogP contribution is 2.29. The molecule has 1 N–H and O–H groups in total. The van der Waals surface area contributed by atoms with Gasteiger partial charge in [0.25, 0.3) is 0 Å². The predicted molar refractivity (Wildman–Crippen MR) is 114 cm³/mol. The molecule has 29 heavy (non-hydrogen) atoms. The van der Waals surface area contributed by atoms with Gasteiger partial charge in [-0.15, -0.1) is 0 Å². The zero-order valence-corrected chi connectivity index (χ0v) is 16.4. The van der Waals surface area contributed by atoms with Crippen LogP contribution < -0.4 is 5.32 Å². The van der Waals surface area contributed by atoms with E-state index < -0.39 is 0 Å². The van der Waals surface area contributed by atoms with E-state index in [0.717, 1.165) is 23.3 Å². The summed E-state index contributed by atoms with van der Waals surface area (Å²) in [6.07, 6.45) is 7.30. The van der Waals surface area contributed by atoms with Crippen LogP contribution in [0, 0.1) is 0 Å². The largest absolute Gasteiger partial charge is 0.467 e. The molecule has 0 saturated carbocycles. The maximum atomic E-state index is 13.8. The summed E-state index contributed by atoms with van der Waals surface area (Å²) in [6.45, 7) is 1.22.